The molecule has 116 valence electrons. The van der Waals surface area contributed by atoms with Gasteiger partial charge in [-0.2, -0.15) is 0 Å². The van der Waals surface area contributed by atoms with Crippen LogP contribution in [0.15, 0.2) is 44.1 Å². The Morgan fingerprint density at radius 2 is 2.09 bits per heavy atom. The molecule has 3 aromatic rings. The Bertz CT molecular complexity index is 988. The summed E-state index contributed by atoms with van der Waals surface area (Å²) < 4.78 is 9.81. The smallest absolute Gasteiger partial charge is 0.349 e. The summed E-state index contributed by atoms with van der Waals surface area (Å²) in [6.45, 7) is 1.65. The lowest BCUT2D eigenvalue weighted by molar-refractivity contribution is -0.384. The van der Waals surface area contributed by atoms with Gasteiger partial charge in [-0.1, -0.05) is 5.16 Å². The molecule has 3 rings (SSSR count). The third-order valence-corrected chi connectivity index (χ3v) is 3.04. The van der Waals surface area contributed by atoms with Gasteiger partial charge in [0.2, 0.25) is 0 Å². The minimum Gasteiger partial charge on any atom is -0.422 e. The van der Waals surface area contributed by atoms with Crippen LogP contribution in [0.1, 0.15) is 16.1 Å². The van der Waals surface area contributed by atoms with Crippen molar-refractivity contribution in [1.82, 2.24) is 5.16 Å². The zero-order chi connectivity index (χ0) is 16.6. The van der Waals surface area contributed by atoms with Gasteiger partial charge < -0.3 is 14.3 Å². The molecule has 0 atom stereocenters. The largest absolute Gasteiger partial charge is 0.422 e. The first-order valence-corrected chi connectivity index (χ1v) is 6.41. The molecule has 2 heterocycles. The van der Waals surface area contributed by atoms with Crippen molar-refractivity contribution in [2.45, 2.75) is 6.92 Å². The molecular formula is C14H9N3O6. The molecule has 0 aliphatic carbocycles. The molecule has 0 fully saturated rings. The molecule has 9 nitrogen and oxygen atoms in total. The van der Waals surface area contributed by atoms with E-state index in [9.17, 15) is 19.7 Å². The molecule has 0 unspecified atom stereocenters. The van der Waals surface area contributed by atoms with E-state index in [1.807, 2.05) is 0 Å². The fourth-order valence-electron chi connectivity index (χ4n) is 1.99. The molecule has 23 heavy (non-hydrogen) atoms. The standard InChI is InChI=1S/C14H9N3O6/c1-7-4-12(16-23-7)15-13(18)10-6-8-5-9(17(20)21)2-3-11(8)22-14(10)19/h2-6H,1H3,(H,15,16,18). The molecule has 0 radical (unpaired) electrons. The summed E-state index contributed by atoms with van der Waals surface area (Å²) in [5, 5.41) is 17.0. The Hall–Kier alpha value is -3.49. The van der Waals surface area contributed by atoms with Gasteiger partial charge in [0.1, 0.15) is 16.9 Å². The molecule has 0 saturated heterocycles. The summed E-state index contributed by atoms with van der Waals surface area (Å²) >= 11 is 0. The maximum Gasteiger partial charge on any atom is 0.349 e. The highest BCUT2D eigenvalue weighted by atomic mass is 16.6. The maximum atomic E-state index is 12.1. The monoisotopic (exact) mass is 315 g/mol. The number of carbonyl (C=O) groups is 1. The average molecular weight is 315 g/mol. The number of nitrogens with zero attached hydrogens (tertiary/aromatic N) is 2. The molecule has 0 bridgehead atoms. The van der Waals surface area contributed by atoms with Gasteiger partial charge in [-0.3, -0.25) is 14.9 Å². The number of carbonyl (C=O) groups excluding carboxylic acids is 1. The van der Waals surface area contributed by atoms with Crippen LogP contribution >= 0.6 is 0 Å². The lowest BCUT2D eigenvalue weighted by Gasteiger charge is -2.02. The Morgan fingerprint density at radius 3 is 2.74 bits per heavy atom. The van der Waals surface area contributed by atoms with Crippen molar-refractivity contribution in [3.05, 3.63) is 62.2 Å². The summed E-state index contributed by atoms with van der Waals surface area (Å²) in [7, 11) is 0. The van der Waals surface area contributed by atoms with E-state index in [4.69, 9.17) is 8.94 Å². The lowest BCUT2D eigenvalue weighted by Crippen LogP contribution is -2.20. The number of benzene rings is 1. The summed E-state index contributed by atoms with van der Waals surface area (Å²) in [5.41, 5.74) is -1.18. The van der Waals surface area contributed by atoms with E-state index >= 15 is 0 Å². The Kier molecular flexibility index (Phi) is 3.37. The second-order valence-electron chi connectivity index (χ2n) is 4.70. The van der Waals surface area contributed by atoms with E-state index in [0.29, 0.717) is 5.76 Å². The molecule has 0 aliphatic rings. The van der Waals surface area contributed by atoms with E-state index in [0.717, 1.165) is 0 Å². The molecule has 1 N–H and O–H groups in total. The molecular weight excluding hydrogens is 306 g/mol. The predicted molar refractivity (Wildman–Crippen MR) is 78.3 cm³/mol. The molecule has 0 saturated carbocycles. The zero-order valence-corrected chi connectivity index (χ0v) is 11.7. The number of rotatable bonds is 3. The molecule has 1 amide bonds. The summed E-state index contributed by atoms with van der Waals surface area (Å²) in [5.74, 6) is -0.118. The van der Waals surface area contributed by atoms with E-state index < -0.39 is 16.5 Å². The summed E-state index contributed by atoms with van der Waals surface area (Å²) in [4.78, 5) is 34.2. The highest BCUT2D eigenvalue weighted by molar-refractivity contribution is 6.05. The van der Waals surface area contributed by atoms with Crippen LogP contribution in [-0.4, -0.2) is 16.0 Å². The number of nitrogens with one attached hydrogen (secondary N) is 1. The highest BCUT2D eigenvalue weighted by Gasteiger charge is 2.17. The quantitative estimate of drug-likeness (QED) is 0.446. The second-order valence-corrected chi connectivity index (χ2v) is 4.70. The van der Waals surface area contributed by atoms with Gasteiger partial charge in [0.25, 0.3) is 11.6 Å². The van der Waals surface area contributed by atoms with E-state index in [1.54, 1.807) is 6.92 Å². The summed E-state index contributed by atoms with van der Waals surface area (Å²) in [6, 6.07) is 6.44. The van der Waals surface area contributed by atoms with Gasteiger partial charge in [0.05, 0.1) is 4.92 Å². The van der Waals surface area contributed by atoms with Gasteiger partial charge in [-0.05, 0) is 19.1 Å². The number of fused-ring (bicyclic) bond motifs is 1. The van der Waals surface area contributed by atoms with E-state index in [1.165, 1.54) is 30.3 Å². The van der Waals surface area contributed by atoms with Crippen molar-refractivity contribution in [2.24, 2.45) is 0 Å². The Balaban J connectivity index is 2.02. The minimum absolute atomic E-state index is 0.144. The van der Waals surface area contributed by atoms with Crippen LogP contribution in [0.4, 0.5) is 11.5 Å². The average Bonchev–Trinajstić information content (AvgIpc) is 2.90. The van der Waals surface area contributed by atoms with Crippen molar-refractivity contribution >= 4 is 28.4 Å². The topological polar surface area (TPSA) is 128 Å². The molecule has 0 spiro atoms. The third-order valence-electron chi connectivity index (χ3n) is 3.04. The highest BCUT2D eigenvalue weighted by Crippen LogP contribution is 2.20. The van der Waals surface area contributed by atoms with Crippen LogP contribution in [0.2, 0.25) is 0 Å². The van der Waals surface area contributed by atoms with E-state index in [2.05, 4.69) is 10.5 Å². The molecule has 2 aromatic heterocycles. The van der Waals surface area contributed by atoms with Crippen molar-refractivity contribution in [3.63, 3.8) is 0 Å². The molecule has 0 aliphatic heterocycles. The molecule has 9 heteroatoms. The van der Waals surface area contributed by atoms with Crippen LogP contribution in [0, 0.1) is 17.0 Å². The third kappa shape index (κ3) is 2.79. The van der Waals surface area contributed by atoms with Gasteiger partial charge >= 0.3 is 5.63 Å². The van der Waals surface area contributed by atoms with Gasteiger partial charge in [-0.25, -0.2) is 4.79 Å². The van der Waals surface area contributed by atoms with Crippen LogP contribution < -0.4 is 10.9 Å². The number of amides is 1. The van der Waals surface area contributed by atoms with E-state index in [-0.39, 0.29) is 28.0 Å². The predicted octanol–water partition coefficient (Wildman–Crippen LogP) is 2.25. The first-order valence-electron chi connectivity index (χ1n) is 6.41. The van der Waals surface area contributed by atoms with Gasteiger partial charge in [-0.15, -0.1) is 0 Å². The van der Waals surface area contributed by atoms with Crippen LogP contribution in [0.25, 0.3) is 11.0 Å². The number of aryl methyl sites for hydroxylation is 1. The maximum absolute atomic E-state index is 12.1. The van der Waals surface area contributed by atoms with Crippen molar-refractivity contribution in [2.75, 3.05) is 5.32 Å². The van der Waals surface area contributed by atoms with Crippen LogP contribution in [-0.2, 0) is 0 Å². The first-order chi connectivity index (χ1) is 10.9. The second kappa shape index (κ2) is 5.37. The molecule has 1 aromatic carbocycles. The van der Waals surface area contributed by atoms with Gasteiger partial charge in [0.15, 0.2) is 5.82 Å². The Morgan fingerprint density at radius 1 is 1.30 bits per heavy atom. The number of aromatic nitrogens is 1. The minimum atomic E-state index is -0.857. The Labute approximate surface area is 127 Å². The van der Waals surface area contributed by atoms with Gasteiger partial charge in [0, 0.05) is 23.6 Å². The van der Waals surface area contributed by atoms with Crippen molar-refractivity contribution in [3.8, 4) is 0 Å². The number of hydrogen-bond acceptors (Lipinski definition) is 7. The number of hydrogen-bond donors (Lipinski definition) is 1. The van der Waals surface area contributed by atoms with Crippen molar-refractivity contribution in [1.29, 1.82) is 0 Å². The number of nitro groups is 1. The van der Waals surface area contributed by atoms with Crippen molar-refractivity contribution < 1.29 is 18.7 Å². The fourth-order valence-corrected chi connectivity index (χ4v) is 1.99. The number of nitro benzene ring substituents is 1. The summed E-state index contributed by atoms with van der Waals surface area (Å²) in [6.07, 6.45) is 0. The number of anilines is 1. The first kappa shape index (κ1) is 14.4. The zero-order valence-electron chi connectivity index (χ0n) is 11.7. The lowest BCUT2D eigenvalue weighted by atomic mass is 10.1. The SMILES string of the molecule is Cc1cc(NC(=O)c2cc3cc([N+](=O)[O-])ccc3oc2=O)no1. The van der Waals surface area contributed by atoms with Crippen LogP contribution in [0.3, 0.4) is 0 Å². The fraction of sp³-hybridized carbons (Fsp3) is 0.0714. The normalized spacial score (nSPS) is 10.7. The number of non-ortho nitro benzene ring substituents is 1. The van der Waals surface area contributed by atoms with Crippen LogP contribution in [0.5, 0.6) is 0 Å².